The summed E-state index contributed by atoms with van der Waals surface area (Å²) in [7, 11) is 0. The van der Waals surface area contributed by atoms with E-state index in [4.69, 9.17) is 33.3 Å². The minimum Gasteiger partial charge on any atom is -0.492 e. The van der Waals surface area contributed by atoms with Crippen molar-refractivity contribution in [3.63, 3.8) is 0 Å². The second kappa shape index (κ2) is 12.6. The third kappa shape index (κ3) is 7.96. The summed E-state index contributed by atoms with van der Waals surface area (Å²) in [6.45, 7) is 6.17. The van der Waals surface area contributed by atoms with Crippen molar-refractivity contribution in [3.05, 3.63) is 56.5 Å². The molecule has 0 unspecified atom stereocenters. The first-order valence-electron chi connectivity index (χ1n) is 9.93. The average molecular weight is 543 g/mol. The van der Waals surface area contributed by atoms with Gasteiger partial charge in [-0.05, 0) is 89.9 Å². The summed E-state index contributed by atoms with van der Waals surface area (Å²) >= 11 is 14.6. The molecule has 0 saturated carbocycles. The number of hydrogen-bond acceptors (Lipinski definition) is 5. The Balaban J connectivity index is 1.79. The van der Waals surface area contributed by atoms with E-state index in [1.165, 1.54) is 0 Å². The number of hydrazine groups is 1. The summed E-state index contributed by atoms with van der Waals surface area (Å²) in [6.07, 6.45) is 1.98. The molecule has 0 aliphatic rings. The molecule has 2 aromatic carbocycles. The monoisotopic (exact) mass is 541 g/mol. The lowest BCUT2D eigenvalue weighted by atomic mass is 10.1. The van der Waals surface area contributed by atoms with E-state index in [2.05, 4.69) is 39.0 Å². The molecule has 0 saturated heterocycles. The molecular weight excluding hydrogens is 518 g/mol. The number of hydrogen-bond donors (Lipinski definition) is 3. The SMILES string of the molecule is CCCCOc1ccc(C(=O)NC(=S)NNC(=O)COc2cc(C)c(Cl)c(C)c2)cc1Br. The number of amides is 2. The van der Waals surface area contributed by atoms with Gasteiger partial charge in [0.1, 0.15) is 11.5 Å². The number of ether oxygens (including phenoxy) is 2. The first kappa shape index (κ1) is 25.9. The quantitative estimate of drug-likeness (QED) is 0.256. The predicted molar refractivity (Wildman–Crippen MR) is 132 cm³/mol. The van der Waals surface area contributed by atoms with Gasteiger partial charge in [0.25, 0.3) is 11.8 Å². The fraction of sp³-hybridized carbons (Fsp3) is 0.318. The fourth-order valence-corrected chi connectivity index (χ4v) is 3.34. The van der Waals surface area contributed by atoms with E-state index in [0.29, 0.717) is 33.2 Å². The number of benzene rings is 2. The average Bonchev–Trinajstić information content (AvgIpc) is 2.75. The van der Waals surface area contributed by atoms with Crippen molar-refractivity contribution in [2.24, 2.45) is 0 Å². The molecular formula is C22H25BrClN3O4S. The molecule has 0 radical (unpaired) electrons. The van der Waals surface area contributed by atoms with Crippen molar-refractivity contribution >= 4 is 56.7 Å². The number of carbonyl (C=O) groups excluding carboxylic acids is 2. The number of unbranched alkanes of at least 4 members (excludes halogenated alkanes) is 1. The van der Waals surface area contributed by atoms with Gasteiger partial charge in [0, 0.05) is 10.6 Å². The first-order valence-corrected chi connectivity index (χ1v) is 11.5. The van der Waals surface area contributed by atoms with Crippen LogP contribution in [0.1, 0.15) is 41.3 Å². The molecule has 0 aliphatic heterocycles. The van der Waals surface area contributed by atoms with Crippen LogP contribution in [0.15, 0.2) is 34.8 Å². The van der Waals surface area contributed by atoms with Crippen LogP contribution in [0.25, 0.3) is 0 Å². The Kier molecular flexibility index (Phi) is 10.2. The van der Waals surface area contributed by atoms with Crippen molar-refractivity contribution in [1.82, 2.24) is 16.2 Å². The number of halogens is 2. The Labute approximate surface area is 206 Å². The molecule has 32 heavy (non-hydrogen) atoms. The number of carbonyl (C=O) groups is 2. The van der Waals surface area contributed by atoms with Crippen LogP contribution < -0.4 is 25.6 Å². The van der Waals surface area contributed by atoms with Crippen LogP contribution >= 0.6 is 39.7 Å². The highest BCUT2D eigenvalue weighted by Gasteiger charge is 2.12. The third-order valence-corrected chi connectivity index (χ3v) is 5.69. The summed E-state index contributed by atoms with van der Waals surface area (Å²) in [6, 6.07) is 8.48. The van der Waals surface area contributed by atoms with E-state index in [1.807, 2.05) is 13.8 Å². The van der Waals surface area contributed by atoms with E-state index >= 15 is 0 Å². The lowest BCUT2D eigenvalue weighted by Crippen LogP contribution is -2.49. The molecule has 2 aromatic rings. The fourth-order valence-electron chi connectivity index (χ4n) is 2.59. The maximum Gasteiger partial charge on any atom is 0.276 e. The Morgan fingerprint density at radius 2 is 1.78 bits per heavy atom. The zero-order chi connectivity index (χ0) is 23.7. The van der Waals surface area contributed by atoms with E-state index < -0.39 is 11.8 Å². The molecule has 172 valence electrons. The number of thiocarbonyl (C=S) groups is 1. The summed E-state index contributed by atoms with van der Waals surface area (Å²) in [5, 5.41) is 3.10. The van der Waals surface area contributed by atoms with Gasteiger partial charge in [-0.1, -0.05) is 24.9 Å². The number of nitrogens with one attached hydrogen (secondary N) is 3. The molecule has 0 aromatic heterocycles. The molecule has 10 heteroatoms. The molecule has 0 aliphatic carbocycles. The highest BCUT2D eigenvalue weighted by molar-refractivity contribution is 9.10. The van der Waals surface area contributed by atoms with Gasteiger partial charge in [-0.25, -0.2) is 0 Å². The Hall–Kier alpha value is -2.36. The van der Waals surface area contributed by atoms with Crippen molar-refractivity contribution in [2.75, 3.05) is 13.2 Å². The van der Waals surface area contributed by atoms with Gasteiger partial charge >= 0.3 is 0 Å². The van der Waals surface area contributed by atoms with Crippen LogP contribution in [0.2, 0.25) is 5.02 Å². The molecule has 2 rings (SSSR count). The molecule has 0 fully saturated rings. The van der Waals surface area contributed by atoms with Gasteiger partial charge in [0.05, 0.1) is 11.1 Å². The second-order valence-electron chi connectivity index (χ2n) is 6.96. The zero-order valence-corrected chi connectivity index (χ0v) is 21.2. The Morgan fingerprint density at radius 1 is 1.09 bits per heavy atom. The number of rotatable bonds is 8. The molecule has 0 bridgehead atoms. The van der Waals surface area contributed by atoms with Crippen molar-refractivity contribution < 1.29 is 19.1 Å². The molecule has 0 spiro atoms. The van der Waals surface area contributed by atoms with E-state index in [0.717, 1.165) is 24.0 Å². The highest BCUT2D eigenvalue weighted by atomic mass is 79.9. The van der Waals surface area contributed by atoms with Crippen LogP contribution in [0.3, 0.4) is 0 Å². The summed E-state index contributed by atoms with van der Waals surface area (Å²) in [4.78, 5) is 24.4. The first-order chi connectivity index (χ1) is 15.2. The van der Waals surface area contributed by atoms with Crippen LogP contribution in [-0.4, -0.2) is 30.1 Å². The smallest absolute Gasteiger partial charge is 0.276 e. The largest absolute Gasteiger partial charge is 0.492 e. The van der Waals surface area contributed by atoms with Crippen LogP contribution in [0.5, 0.6) is 11.5 Å². The van der Waals surface area contributed by atoms with Gasteiger partial charge in [-0.3, -0.25) is 25.8 Å². The van der Waals surface area contributed by atoms with Crippen molar-refractivity contribution in [3.8, 4) is 11.5 Å². The van der Waals surface area contributed by atoms with E-state index in [9.17, 15) is 9.59 Å². The molecule has 3 N–H and O–H groups in total. The van der Waals surface area contributed by atoms with Gasteiger partial charge < -0.3 is 9.47 Å². The molecule has 0 atom stereocenters. The maximum absolute atomic E-state index is 12.4. The summed E-state index contributed by atoms with van der Waals surface area (Å²) in [5.41, 5.74) is 6.94. The van der Waals surface area contributed by atoms with Crippen LogP contribution in [0.4, 0.5) is 0 Å². The van der Waals surface area contributed by atoms with E-state index in [-0.39, 0.29) is 11.7 Å². The summed E-state index contributed by atoms with van der Waals surface area (Å²) < 4.78 is 11.8. The third-order valence-electron chi connectivity index (χ3n) is 4.27. The normalized spacial score (nSPS) is 10.3. The second-order valence-corrected chi connectivity index (χ2v) is 8.60. The van der Waals surface area contributed by atoms with Crippen molar-refractivity contribution in [2.45, 2.75) is 33.6 Å². The van der Waals surface area contributed by atoms with Gasteiger partial charge in [0.2, 0.25) is 0 Å². The standard InChI is InChI=1S/C22H25BrClN3O4S/c1-4-5-8-30-18-7-6-15(11-17(18)23)21(29)25-22(32)27-26-19(28)12-31-16-9-13(2)20(24)14(3)10-16/h6-7,9-11H,4-5,8,12H2,1-3H3,(H,26,28)(H2,25,27,29,32). The lowest BCUT2D eigenvalue weighted by Gasteiger charge is -2.13. The molecule has 0 heterocycles. The molecule has 7 nitrogen and oxygen atoms in total. The Bertz CT molecular complexity index is 980. The van der Waals surface area contributed by atoms with Crippen molar-refractivity contribution in [1.29, 1.82) is 0 Å². The topological polar surface area (TPSA) is 88.7 Å². The van der Waals surface area contributed by atoms with Gasteiger partial charge in [-0.15, -0.1) is 0 Å². The van der Waals surface area contributed by atoms with Gasteiger partial charge in [0.15, 0.2) is 11.7 Å². The van der Waals surface area contributed by atoms with Crippen LogP contribution in [-0.2, 0) is 4.79 Å². The molecule has 2 amide bonds. The summed E-state index contributed by atoms with van der Waals surface area (Å²) in [5.74, 6) is 0.293. The van der Waals surface area contributed by atoms with E-state index in [1.54, 1.807) is 30.3 Å². The predicted octanol–water partition coefficient (Wildman–Crippen LogP) is 4.61. The Morgan fingerprint density at radius 3 is 2.41 bits per heavy atom. The van der Waals surface area contributed by atoms with Gasteiger partial charge in [-0.2, -0.15) is 0 Å². The van der Waals surface area contributed by atoms with Crippen LogP contribution in [0, 0.1) is 13.8 Å². The lowest BCUT2D eigenvalue weighted by molar-refractivity contribution is -0.123. The maximum atomic E-state index is 12.4. The number of aryl methyl sites for hydroxylation is 2. The highest BCUT2D eigenvalue weighted by Crippen LogP contribution is 2.27. The minimum absolute atomic E-state index is 0.0547. The minimum atomic E-state index is -0.469. The zero-order valence-electron chi connectivity index (χ0n) is 18.0.